The van der Waals surface area contributed by atoms with Gasteiger partial charge < -0.3 is 10.8 Å². The number of nitrogens with two attached hydrogens (primary N) is 1. The Morgan fingerprint density at radius 1 is 1.43 bits per heavy atom. The van der Waals surface area contributed by atoms with Crippen LogP contribution in [0.25, 0.3) is 10.9 Å². The second-order valence-corrected chi connectivity index (χ2v) is 2.80. The molecule has 0 aromatic carbocycles. The number of carboxylic acid groups (broad SMARTS) is 1. The lowest BCUT2D eigenvalue weighted by Crippen LogP contribution is -1.99. The van der Waals surface area contributed by atoms with E-state index >= 15 is 0 Å². The number of fused-ring (bicyclic) bond motifs is 1. The predicted molar refractivity (Wildman–Crippen MR) is 50.9 cm³/mol. The van der Waals surface area contributed by atoms with Crippen molar-refractivity contribution in [2.45, 2.75) is 0 Å². The zero-order valence-corrected chi connectivity index (χ0v) is 7.14. The van der Waals surface area contributed by atoms with Gasteiger partial charge in [-0.1, -0.05) is 0 Å². The fourth-order valence-electron chi connectivity index (χ4n) is 1.20. The summed E-state index contributed by atoms with van der Waals surface area (Å²) in [7, 11) is 0. The van der Waals surface area contributed by atoms with Crippen molar-refractivity contribution in [2.75, 3.05) is 5.73 Å². The Morgan fingerprint density at radius 2 is 2.21 bits per heavy atom. The van der Waals surface area contributed by atoms with E-state index in [9.17, 15) is 4.79 Å². The molecule has 0 aliphatic carbocycles. The van der Waals surface area contributed by atoms with Gasteiger partial charge in [-0.3, -0.25) is 4.98 Å². The van der Waals surface area contributed by atoms with E-state index in [-0.39, 0.29) is 5.56 Å². The Hall–Kier alpha value is -2.17. The number of nitrogens with zero attached hydrogens (tertiary/aromatic N) is 2. The average Bonchev–Trinajstić information content (AvgIpc) is 2.17. The van der Waals surface area contributed by atoms with Crippen LogP contribution >= 0.6 is 0 Å². The Bertz CT molecular complexity index is 510. The van der Waals surface area contributed by atoms with E-state index in [2.05, 4.69) is 9.97 Å². The van der Waals surface area contributed by atoms with Crippen LogP contribution in [-0.4, -0.2) is 21.0 Å². The smallest absolute Gasteiger partial charge is 0.337 e. The second-order valence-electron chi connectivity index (χ2n) is 2.80. The molecule has 0 fully saturated rings. The summed E-state index contributed by atoms with van der Waals surface area (Å²) in [6.07, 6.45) is 2.79. The minimum absolute atomic E-state index is 0.142. The highest BCUT2D eigenvalue weighted by Gasteiger charge is 2.06. The average molecular weight is 189 g/mol. The van der Waals surface area contributed by atoms with E-state index in [1.165, 1.54) is 18.5 Å². The van der Waals surface area contributed by atoms with Crippen LogP contribution in [0.3, 0.4) is 0 Å². The van der Waals surface area contributed by atoms with E-state index in [4.69, 9.17) is 10.8 Å². The van der Waals surface area contributed by atoms with Crippen molar-refractivity contribution >= 4 is 22.7 Å². The van der Waals surface area contributed by atoms with Crippen molar-refractivity contribution in [2.24, 2.45) is 0 Å². The summed E-state index contributed by atoms with van der Waals surface area (Å²) in [5, 5.41) is 9.40. The fourth-order valence-corrected chi connectivity index (χ4v) is 1.20. The van der Waals surface area contributed by atoms with Crippen LogP contribution < -0.4 is 5.73 Å². The summed E-state index contributed by atoms with van der Waals surface area (Å²) < 4.78 is 0. The first kappa shape index (κ1) is 8.43. The standard InChI is InChI=1S/C9H7N3O2/c10-8-7-5(1-2-11-8)3-6(4-12-7)9(13)14/h1-4H,(H2,10,11)(H,13,14). The zero-order valence-electron chi connectivity index (χ0n) is 7.14. The van der Waals surface area contributed by atoms with Gasteiger partial charge in [-0.2, -0.15) is 0 Å². The van der Waals surface area contributed by atoms with Gasteiger partial charge in [-0.05, 0) is 12.1 Å². The molecule has 70 valence electrons. The highest BCUT2D eigenvalue weighted by Crippen LogP contribution is 2.16. The van der Waals surface area contributed by atoms with Crippen LogP contribution in [0, 0.1) is 0 Å². The number of rotatable bonds is 1. The summed E-state index contributed by atoms with van der Waals surface area (Å²) in [6.45, 7) is 0. The van der Waals surface area contributed by atoms with Crippen molar-refractivity contribution in [1.29, 1.82) is 0 Å². The third kappa shape index (κ3) is 1.24. The SMILES string of the molecule is Nc1nccc2cc(C(=O)O)cnc12. The molecule has 0 aliphatic heterocycles. The van der Waals surface area contributed by atoms with Gasteiger partial charge in [0, 0.05) is 17.8 Å². The molecule has 0 spiro atoms. The number of aromatic carboxylic acids is 1. The van der Waals surface area contributed by atoms with Crippen LogP contribution in [0.5, 0.6) is 0 Å². The number of anilines is 1. The van der Waals surface area contributed by atoms with Gasteiger partial charge >= 0.3 is 5.97 Å². The Labute approximate surface area is 79.2 Å². The van der Waals surface area contributed by atoms with Gasteiger partial charge in [0.2, 0.25) is 0 Å². The quantitative estimate of drug-likeness (QED) is 0.695. The maximum atomic E-state index is 10.6. The molecular weight excluding hydrogens is 182 g/mol. The van der Waals surface area contributed by atoms with Gasteiger partial charge in [-0.15, -0.1) is 0 Å². The number of pyridine rings is 2. The number of carboxylic acids is 1. The molecule has 3 N–H and O–H groups in total. The van der Waals surface area contributed by atoms with Crippen LogP contribution in [0.4, 0.5) is 5.82 Å². The van der Waals surface area contributed by atoms with Crippen LogP contribution in [-0.2, 0) is 0 Å². The van der Waals surface area contributed by atoms with Crippen LogP contribution in [0.1, 0.15) is 10.4 Å². The largest absolute Gasteiger partial charge is 0.478 e. The molecule has 2 heterocycles. The lowest BCUT2D eigenvalue weighted by Gasteiger charge is -2.00. The topological polar surface area (TPSA) is 89.1 Å². The maximum Gasteiger partial charge on any atom is 0.337 e. The van der Waals surface area contributed by atoms with Gasteiger partial charge in [-0.25, -0.2) is 9.78 Å². The first-order valence-electron chi connectivity index (χ1n) is 3.92. The molecule has 2 aromatic heterocycles. The molecule has 2 aromatic rings. The Morgan fingerprint density at radius 3 is 2.93 bits per heavy atom. The fraction of sp³-hybridized carbons (Fsp3) is 0. The predicted octanol–water partition coefficient (Wildman–Crippen LogP) is 0.910. The highest BCUT2D eigenvalue weighted by atomic mass is 16.4. The molecule has 2 rings (SSSR count). The highest BCUT2D eigenvalue weighted by molar-refractivity contribution is 5.94. The molecule has 0 aliphatic rings. The third-order valence-corrected chi connectivity index (χ3v) is 1.87. The van der Waals surface area contributed by atoms with E-state index in [1.807, 2.05) is 0 Å². The summed E-state index contributed by atoms with van der Waals surface area (Å²) in [4.78, 5) is 18.4. The molecular formula is C9H7N3O2. The monoisotopic (exact) mass is 189 g/mol. The summed E-state index contributed by atoms with van der Waals surface area (Å²) in [6, 6.07) is 3.19. The number of hydrogen-bond donors (Lipinski definition) is 2. The number of hydrogen-bond acceptors (Lipinski definition) is 4. The lowest BCUT2D eigenvalue weighted by molar-refractivity contribution is 0.0696. The van der Waals surface area contributed by atoms with E-state index < -0.39 is 5.97 Å². The molecule has 5 heteroatoms. The van der Waals surface area contributed by atoms with E-state index in [0.29, 0.717) is 16.7 Å². The maximum absolute atomic E-state index is 10.6. The summed E-state index contributed by atoms with van der Waals surface area (Å²) >= 11 is 0. The van der Waals surface area contributed by atoms with Crippen molar-refractivity contribution in [1.82, 2.24) is 9.97 Å². The number of nitrogen functional groups attached to an aromatic ring is 1. The first-order valence-corrected chi connectivity index (χ1v) is 3.92. The van der Waals surface area contributed by atoms with Crippen LogP contribution in [0.2, 0.25) is 0 Å². The molecule has 0 saturated heterocycles. The molecule has 14 heavy (non-hydrogen) atoms. The van der Waals surface area contributed by atoms with Gasteiger partial charge in [0.1, 0.15) is 11.3 Å². The molecule has 0 radical (unpaired) electrons. The van der Waals surface area contributed by atoms with E-state index in [1.54, 1.807) is 6.07 Å². The molecule has 0 amide bonds. The first-order chi connectivity index (χ1) is 6.68. The summed E-state index contributed by atoms with van der Waals surface area (Å²) in [5.41, 5.74) is 6.23. The van der Waals surface area contributed by atoms with Crippen molar-refractivity contribution < 1.29 is 9.90 Å². The summed E-state index contributed by atoms with van der Waals surface area (Å²) in [5.74, 6) is -0.700. The van der Waals surface area contributed by atoms with Crippen molar-refractivity contribution in [3.8, 4) is 0 Å². The van der Waals surface area contributed by atoms with Gasteiger partial charge in [0.25, 0.3) is 0 Å². The van der Waals surface area contributed by atoms with Crippen molar-refractivity contribution in [3.63, 3.8) is 0 Å². The molecule has 5 nitrogen and oxygen atoms in total. The zero-order chi connectivity index (χ0) is 10.1. The minimum Gasteiger partial charge on any atom is -0.478 e. The molecule has 0 atom stereocenters. The Balaban J connectivity index is 2.73. The lowest BCUT2D eigenvalue weighted by atomic mass is 10.2. The van der Waals surface area contributed by atoms with Crippen molar-refractivity contribution in [3.05, 3.63) is 30.1 Å². The molecule has 0 saturated carbocycles. The van der Waals surface area contributed by atoms with Gasteiger partial charge in [0.15, 0.2) is 0 Å². The molecule has 0 unspecified atom stereocenters. The number of aromatic nitrogens is 2. The normalized spacial score (nSPS) is 10.3. The molecule has 0 bridgehead atoms. The number of carbonyl (C=O) groups is 1. The van der Waals surface area contributed by atoms with Gasteiger partial charge in [0.05, 0.1) is 5.56 Å². The third-order valence-electron chi connectivity index (χ3n) is 1.87. The second kappa shape index (κ2) is 2.95. The Kier molecular flexibility index (Phi) is 1.78. The van der Waals surface area contributed by atoms with Crippen LogP contribution in [0.15, 0.2) is 24.5 Å². The van der Waals surface area contributed by atoms with E-state index in [0.717, 1.165) is 0 Å². The minimum atomic E-state index is -1.00.